The molecule has 1 aromatic carbocycles. The smallest absolute Gasteiger partial charge is 0.103 e. The number of hydrogen-bond donors (Lipinski definition) is 1. The van der Waals surface area contributed by atoms with Crippen molar-refractivity contribution in [3.63, 3.8) is 0 Å². The molecule has 0 radical (unpaired) electrons. The third-order valence-electron chi connectivity index (χ3n) is 2.97. The Morgan fingerprint density at radius 2 is 2.31 bits per heavy atom. The molecule has 0 unspecified atom stereocenters. The van der Waals surface area contributed by atoms with Crippen LogP contribution in [0.4, 0.5) is 5.69 Å². The highest BCUT2D eigenvalue weighted by atomic mass is 79.9. The summed E-state index contributed by atoms with van der Waals surface area (Å²) in [6.07, 6.45) is 4.70. The maximum absolute atomic E-state index is 9.08. The van der Waals surface area contributed by atoms with E-state index in [1.165, 1.54) is 12.8 Å². The van der Waals surface area contributed by atoms with Crippen LogP contribution in [0.3, 0.4) is 0 Å². The molecule has 2 nitrogen and oxygen atoms in total. The summed E-state index contributed by atoms with van der Waals surface area (Å²) in [6, 6.07) is 8.02. The first-order chi connectivity index (χ1) is 7.71. The van der Waals surface area contributed by atoms with E-state index >= 15 is 0 Å². The van der Waals surface area contributed by atoms with Crippen LogP contribution in [-0.2, 0) is 0 Å². The fourth-order valence-corrected chi connectivity index (χ4v) is 2.82. The first-order valence-electron chi connectivity index (χ1n) is 5.18. The highest BCUT2D eigenvalue weighted by molar-refractivity contribution is 9.10. The Balaban J connectivity index is 2.10. The molecule has 1 aliphatic carbocycles. The zero-order valence-corrected chi connectivity index (χ0v) is 11.5. The summed E-state index contributed by atoms with van der Waals surface area (Å²) in [5.74, 6) is 0. The highest BCUT2D eigenvalue weighted by Crippen LogP contribution is 2.47. The van der Waals surface area contributed by atoms with Crippen LogP contribution >= 0.6 is 27.7 Å². The minimum atomic E-state index is 0.412. The van der Waals surface area contributed by atoms with Crippen molar-refractivity contribution in [1.82, 2.24) is 0 Å². The van der Waals surface area contributed by atoms with E-state index in [1.807, 2.05) is 30.0 Å². The van der Waals surface area contributed by atoms with E-state index in [2.05, 4.69) is 33.6 Å². The lowest BCUT2D eigenvalue weighted by atomic mass is 10.2. The van der Waals surface area contributed by atoms with Gasteiger partial charge >= 0.3 is 0 Å². The molecule has 0 amide bonds. The number of hydrogen-bond acceptors (Lipinski definition) is 3. The molecule has 1 fully saturated rings. The summed E-state index contributed by atoms with van der Waals surface area (Å²) < 4.78 is 1.27. The summed E-state index contributed by atoms with van der Waals surface area (Å²) in [5, 5.41) is 12.5. The quantitative estimate of drug-likeness (QED) is 0.922. The lowest BCUT2D eigenvalue weighted by molar-refractivity contribution is 0.948. The molecule has 1 aromatic rings. The van der Waals surface area contributed by atoms with Crippen LogP contribution in [0.5, 0.6) is 0 Å². The molecule has 2 rings (SSSR count). The van der Waals surface area contributed by atoms with Crippen LogP contribution in [0.2, 0.25) is 0 Å². The Kier molecular flexibility index (Phi) is 3.46. The van der Waals surface area contributed by atoms with Gasteiger partial charge in [0, 0.05) is 15.8 Å². The predicted octanol–water partition coefficient (Wildman–Crippen LogP) is 3.63. The minimum absolute atomic E-state index is 0.412. The van der Waals surface area contributed by atoms with Crippen molar-refractivity contribution in [2.24, 2.45) is 0 Å². The zero-order valence-electron chi connectivity index (χ0n) is 9.09. The van der Waals surface area contributed by atoms with Crippen molar-refractivity contribution in [2.45, 2.75) is 17.6 Å². The number of halogens is 1. The summed E-state index contributed by atoms with van der Waals surface area (Å²) in [4.78, 5) is 0. The highest BCUT2D eigenvalue weighted by Gasteiger charge is 2.41. The standard InChI is InChI=1S/C12H13BrN2S/c1-16-12(5-6-12)8-15-11-4-2-3-10(13)9(11)7-14/h2-4,15H,5-6,8H2,1H3. The summed E-state index contributed by atoms with van der Waals surface area (Å²) in [7, 11) is 0. The second-order valence-corrected chi connectivity index (χ2v) is 6.14. The van der Waals surface area contributed by atoms with Gasteiger partial charge in [0.1, 0.15) is 6.07 Å². The van der Waals surface area contributed by atoms with Crippen LogP contribution in [-0.4, -0.2) is 17.5 Å². The molecule has 0 atom stereocenters. The van der Waals surface area contributed by atoms with Crippen LogP contribution in [0.1, 0.15) is 18.4 Å². The zero-order chi connectivity index (χ0) is 11.6. The van der Waals surface area contributed by atoms with Gasteiger partial charge in [-0.05, 0) is 47.2 Å². The van der Waals surface area contributed by atoms with Gasteiger partial charge in [0.2, 0.25) is 0 Å². The van der Waals surface area contributed by atoms with Crippen molar-refractivity contribution in [1.29, 1.82) is 5.26 Å². The van der Waals surface area contributed by atoms with Crippen LogP contribution in [0.15, 0.2) is 22.7 Å². The Hall–Kier alpha value is -0.660. The Morgan fingerprint density at radius 3 is 2.88 bits per heavy atom. The lowest BCUT2D eigenvalue weighted by Crippen LogP contribution is -2.17. The second-order valence-electron chi connectivity index (χ2n) is 4.01. The van der Waals surface area contributed by atoms with Gasteiger partial charge < -0.3 is 5.32 Å². The van der Waals surface area contributed by atoms with E-state index in [4.69, 9.17) is 5.26 Å². The Labute approximate surface area is 109 Å². The first-order valence-corrected chi connectivity index (χ1v) is 7.20. The summed E-state index contributed by atoms with van der Waals surface area (Å²) >= 11 is 5.31. The van der Waals surface area contributed by atoms with Crippen molar-refractivity contribution < 1.29 is 0 Å². The molecule has 0 saturated heterocycles. The molecule has 1 N–H and O–H groups in total. The van der Waals surface area contributed by atoms with Crippen molar-refractivity contribution in [3.8, 4) is 6.07 Å². The van der Waals surface area contributed by atoms with Crippen LogP contribution in [0, 0.1) is 11.3 Å². The number of nitrogens with one attached hydrogen (secondary N) is 1. The molecule has 0 bridgehead atoms. The maximum atomic E-state index is 9.08. The average molecular weight is 297 g/mol. The Bertz CT molecular complexity index is 435. The molecule has 4 heteroatoms. The van der Waals surface area contributed by atoms with Crippen LogP contribution in [0.25, 0.3) is 0 Å². The normalized spacial score (nSPS) is 16.6. The van der Waals surface area contributed by atoms with E-state index < -0.39 is 0 Å². The van der Waals surface area contributed by atoms with Gasteiger partial charge in [-0.2, -0.15) is 17.0 Å². The third-order valence-corrected chi connectivity index (χ3v) is 5.05. The van der Waals surface area contributed by atoms with Gasteiger partial charge in [0.25, 0.3) is 0 Å². The fraction of sp³-hybridized carbons (Fsp3) is 0.417. The SMILES string of the molecule is CSC1(CNc2cccc(Br)c2C#N)CC1. The summed E-state index contributed by atoms with van der Waals surface area (Å²) in [5.41, 5.74) is 1.62. The van der Waals surface area contributed by atoms with Crippen molar-refractivity contribution in [3.05, 3.63) is 28.2 Å². The number of nitriles is 1. The monoisotopic (exact) mass is 296 g/mol. The number of anilines is 1. The van der Waals surface area contributed by atoms with Gasteiger partial charge in [-0.1, -0.05) is 6.07 Å². The first kappa shape index (κ1) is 11.8. The number of rotatable bonds is 4. The number of nitrogens with zero attached hydrogens (tertiary/aromatic N) is 1. The van der Waals surface area contributed by atoms with Crippen molar-refractivity contribution >= 4 is 33.4 Å². The van der Waals surface area contributed by atoms with E-state index in [-0.39, 0.29) is 0 Å². The second kappa shape index (κ2) is 4.68. The molecular formula is C12H13BrN2S. The Morgan fingerprint density at radius 1 is 1.56 bits per heavy atom. The largest absolute Gasteiger partial charge is 0.383 e. The van der Waals surface area contributed by atoms with Crippen molar-refractivity contribution in [2.75, 3.05) is 18.1 Å². The maximum Gasteiger partial charge on any atom is 0.103 e. The molecule has 84 valence electrons. The van der Waals surface area contributed by atoms with Crippen LogP contribution < -0.4 is 5.32 Å². The fourth-order valence-electron chi connectivity index (χ4n) is 1.63. The summed E-state index contributed by atoms with van der Waals surface area (Å²) in [6.45, 7) is 0.944. The molecule has 1 saturated carbocycles. The lowest BCUT2D eigenvalue weighted by Gasteiger charge is -2.15. The van der Waals surface area contributed by atoms with Gasteiger partial charge in [-0.3, -0.25) is 0 Å². The molecule has 0 aliphatic heterocycles. The van der Waals surface area contributed by atoms with E-state index in [0.717, 1.165) is 16.7 Å². The van der Waals surface area contributed by atoms with Gasteiger partial charge in [-0.25, -0.2) is 0 Å². The molecule has 16 heavy (non-hydrogen) atoms. The molecule has 1 aliphatic rings. The molecule has 0 heterocycles. The molecule has 0 aromatic heterocycles. The third kappa shape index (κ3) is 2.36. The van der Waals surface area contributed by atoms with Gasteiger partial charge in [0.05, 0.1) is 11.3 Å². The average Bonchev–Trinajstić information content (AvgIpc) is 3.07. The van der Waals surface area contributed by atoms with Gasteiger partial charge in [-0.15, -0.1) is 0 Å². The molecular weight excluding hydrogens is 284 g/mol. The van der Waals surface area contributed by atoms with Gasteiger partial charge in [0.15, 0.2) is 0 Å². The minimum Gasteiger partial charge on any atom is -0.383 e. The van der Waals surface area contributed by atoms with E-state index in [1.54, 1.807) is 0 Å². The number of thioether (sulfide) groups is 1. The molecule has 0 spiro atoms. The van der Waals surface area contributed by atoms with E-state index in [9.17, 15) is 0 Å². The topological polar surface area (TPSA) is 35.8 Å². The van der Waals surface area contributed by atoms with E-state index in [0.29, 0.717) is 10.3 Å². The number of benzene rings is 1. The predicted molar refractivity (Wildman–Crippen MR) is 72.8 cm³/mol.